The molecule has 2 N–H and O–H groups in total. The summed E-state index contributed by atoms with van der Waals surface area (Å²) in [7, 11) is 1.36. The highest BCUT2D eigenvalue weighted by molar-refractivity contribution is 6.31. The third-order valence-corrected chi connectivity index (χ3v) is 3.34. The van der Waals surface area contributed by atoms with Crippen LogP contribution < -0.4 is 10.9 Å². The first-order valence-electron chi connectivity index (χ1n) is 6.17. The van der Waals surface area contributed by atoms with Gasteiger partial charge in [0.15, 0.2) is 0 Å². The summed E-state index contributed by atoms with van der Waals surface area (Å²) in [5.74, 6) is -1.33. The Morgan fingerprint density at radius 1 is 1.30 bits per heavy atom. The Morgan fingerprint density at radius 3 is 2.52 bits per heavy atom. The molecule has 122 valence electrons. The molecule has 1 heterocycles. The van der Waals surface area contributed by atoms with E-state index in [-0.39, 0.29) is 16.9 Å². The molecule has 0 saturated heterocycles. The molecule has 0 unspecified atom stereocenters. The number of anilines is 2. The maximum Gasteiger partial charge on any atom is 0.417 e. The molecule has 0 bridgehead atoms. The smallest absolute Gasteiger partial charge is 0.417 e. The van der Waals surface area contributed by atoms with Gasteiger partial charge in [0.25, 0.3) is 5.56 Å². The number of halogens is 4. The van der Waals surface area contributed by atoms with Crippen LogP contribution in [0.1, 0.15) is 15.9 Å². The fraction of sp³-hybridized carbons (Fsp3) is 0.143. The van der Waals surface area contributed by atoms with Crippen LogP contribution in [0.5, 0.6) is 0 Å². The van der Waals surface area contributed by atoms with Gasteiger partial charge in [-0.15, -0.1) is 0 Å². The van der Waals surface area contributed by atoms with Crippen LogP contribution in [-0.4, -0.2) is 15.6 Å². The number of nitrogens with one attached hydrogen (secondary N) is 1. The normalized spacial score (nSPS) is 11.3. The molecule has 0 saturated carbocycles. The predicted octanol–water partition coefficient (Wildman–Crippen LogP) is 3.50. The Hall–Kier alpha value is -2.48. The summed E-state index contributed by atoms with van der Waals surface area (Å²) >= 11 is 5.52. The van der Waals surface area contributed by atoms with E-state index >= 15 is 0 Å². The zero-order chi connectivity index (χ0) is 17.4. The lowest BCUT2D eigenvalue weighted by Crippen LogP contribution is -2.19. The lowest BCUT2D eigenvalue weighted by Gasteiger charge is -2.14. The van der Waals surface area contributed by atoms with Crippen molar-refractivity contribution in [1.29, 1.82) is 0 Å². The highest BCUT2D eigenvalue weighted by Gasteiger charge is 2.33. The Balaban J connectivity index is 2.50. The molecule has 2 aromatic rings. The number of hydrogen-bond donors (Lipinski definition) is 2. The first kappa shape index (κ1) is 16.9. The van der Waals surface area contributed by atoms with Crippen LogP contribution in [0.25, 0.3) is 0 Å². The summed E-state index contributed by atoms with van der Waals surface area (Å²) in [5.41, 5.74) is -1.99. The lowest BCUT2D eigenvalue weighted by molar-refractivity contribution is -0.137. The highest BCUT2D eigenvalue weighted by atomic mass is 35.5. The number of benzene rings is 1. The molecule has 0 spiro atoms. The molecule has 9 heteroatoms. The molecule has 0 aliphatic heterocycles. The molecule has 2 rings (SSSR count). The van der Waals surface area contributed by atoms with E-state index in [0.29, 0.717) is 0 Å². The van der Waals surface area contributed by atoms with E-state index in [4.69, 9.17) is 16.7 Å². The molecule has 1 aromatic heterocycles. The van der Waals surface area contributed by atoms with Crippen LogP contribution in [0.3, 0.4) is 0 Å². The maximum atomic E-state index is 12.8. The molecular formula is C14H10ClF3N2O3. The number of carboxylic acids is 1. The van der Waals surface area contributed by atoms with Gasteiger partial charge >= 0.3 is 12.1 Å². The fourth-order valence-electron chi connectivity index (χ4n) is 1.88. The number of carboxylic acid groups (broad SMARTS) is 1. The topological polar surface area (TPSA) is 71.3 Å². The van der Waals surface area contributed by atoms with E-state index in [1.807, 2.05) is 0 Å². The molecule has 0 aliphatic carbocycles. The van der Waals surface area contributed by atoms with Crippen molar-refractivity contribution in [3.8, 4) is 0 Å². The Morgan fingerprint density at radius 2 is 1.96 bits per heavy atom. The van der Waals surface area contributed by atoms with E-state index in [2.05, 4.69) is 5.32 Å². The minimum absolute atomic E-state index is 0.0440. The van der Waals surface area contributed by atoms with Gasteiger partial charge in [0.2, 0.25) is 0 Å². The Labute approximate surface area is 132 Å². The molecule has 0 atom stereocenters. The monoisotopic (exact) mass is 346 g/mol. The second kappa shape index (κ2) is 5.96. The van der Waals surface area contributed by atoms with Gasteiger partial charge < -0.3 is 15.0 Å². The summed E-state index contributed by atoms with van der Waals surface area (Å²) in [6, 6.07) is 4.02. The second-order valence-corrected chi connectivity index (χ2v) is 5.08. The highest BCUT2D eigenvalue weighted by Crippen LogP contribution is 2.36. The van der Waals surface area contributed by atoms with Gasteiger partial charge in [0, 0.05) is 25.0 Å². The van der Waals surface area contributed by atoms with E-state index in [1.165, 1.54) is 13.1 Å². The molecule has 0 aliphatic rings. The van der Waals surface area contributed by atoms with Crippen molar-refractivity contribution in [2.24, 2.45) is 7.05 Å². The third-order valence-electron chi connectivity index (χ3n) is 3.01. The van der Waals surface area contributed by atoms with Gasteiger partial charge in [-0.25, -0.2) is 4.79 Å². The number of pyridine rings is 1. The lowest BCUT2D eigenvalue weighted by atomic mass is 10.1. The van der Waals surface area contributed by atoms with Gasteiger partial charge in [-0.05, 0) is 18.2 Å². The van der Waals surface area contributed by atoms with E-state index in [1.54, 1.807) is 0 Å². The first-order valence-corrected chi connectivity index (χ1v) is 6.55. The Kier molecular flexibility index (Phi) is 4.37. The van der Waals surface area contributed by atoms with Crippen molar-refractivity contribution in [3.05, 3.63) is 57.0 Å². The number of nitrogens with zero attached hydrogens (tertiary/aromatic N) is 1. The summed E-state index contributed by atoms with van der Waals surface area (Å²) in [6.45, 7) is 0. The largest absolute Gasteiger partial charge is 0.478 e. The Bertz CT molecular complexity index is 831. The summed E-state index contributed by atoms with van der Waals surface area (Å²) in [5, 5.41) is 11.2. The van der Waals surface area contributed by atoms with Gasteiger partial charge in [0.1, 0.15) is 0 Å². The zero-order valence-electron chi connectivity index (χ0n) is 11.6. The number of rotatable bonds is 3. The van der Waals surface area contributed by atoms with Crippen molar-refractivity contribution in [2.75, 3.05) is 5.32 Å². The SMILES string of the molecule is Cn1cc(C(=O)O)c(Nc2ccc(Cl)c(C(F)(F)F)c2)cc1=O. The molecule has 5 nitrogen and oxygen atoms in total. The van der Waals surface area contributed by atoms with Crippen LogP contribution in [0.2, 0.25) is 5.02 Å². The average molecular weight is 347 g/mol. The van der Waals surface area contributed by atoms with Crippen molar-refractivity contribution >= 4 is 28.9 Å². The van der Waals surface area contributed by atoms with Crippen LogP contribution in [0, 0.1) is 0 Å². The van der Waals surface area contributed by atoms with E-state index in [0.717, 1.165) is 29.0 Å². The molecular weight excluding hydrogens is 337 g/mol. The number of hydrogen-bond acceptors (Lipinski definition) is 3. The molecule has 0 radical (unpaired) electrons. The minimum atomic E-state index is -4.66. The summed E-state index contributed by atoms with van der Waals surface area (Å²) < 4.78 is 39.6. The van der Waals surface area contributed by atoms with Crippen molar-refractivity contribution in [3.63, 3.8) is 0 Å². The number of carbonyl (C=O) groups is 1. The van der Waals surface area contributed by atoms with Crippen molar-refractivity contribution in [1.82, 2.24) is 4.57 Å². The minimum Gasteiger partial charge on any atom is -0.478 e. The second-order valence-electron chi connectivity index (χ2n) is 4.67. The van der Waals surface area contributed by atoms with E-state index in [9.17, 15) is 22.8 Å². The summed E-state index contributed by atoms with van der Waals surface area (Å²) in [6.07, 6.45) is -3.58. The van der Waals surface area contributed by atoms with Gasteiger partial charge in [-0.3, -0.25) is 4.79 Å². The van der Waals surface area contributed by atoms with Gasteiger partial charge in [0.05, 0.1) is 21.8 Å². The van der Waals surface area contributed by atoms with Crippen molar-refractivity contribution < 1.29 is 23.1 Å². The third kappa shape index (κ3) is 3.65. The maximum absolute atomic E-state index is 12.8. The van der Waals surface area contributed by atoms with Crippen molar-refractivity contribution in [2.45, 2.75) is 6.18 Å². The molecule has 23 heavy (non-hydrogen) atoms. The average Bonchev–Trinajstić information content (AvgIpc) is 2.43. The molecule has 0 amide bonds. The molecule has 1 aromatic carbocycles. The quantitative estimate of drug-likeness (QED) is 0.892. The van der Waals surface area contributed by atoms with Crippen LogP contribution >= 0.6 is 11.6 Å². The molecule has 0 fully saturated rings. The first-order chi connectivity index (χ1) is 10.6. The van der Waals surface area contributed by atoms with Gasteiger partial charge in [-0.2, -0.15) is 13.2 Å². The van der Waals surface area contributed by atoms with Gasteiger partial charge in [-0.1, -0.05) is 11.6 Å². The number of aryl methyl sites for hydroxylation is 1. The van der Waals surface area contributed by atoms with E-state index < -0.39 is 28.3 Å². The summed E-state index contributed by atoms with van der Waals surface area (Å²) in [4.78, 5) is 22.8. The number of alkyl halides is 3. The predicted molar refractivity (Wildman–Crippen MR) is 78.4 cm³/mol. The van der Waals surface area contributed by atoms with Crippen LogP contribution in [0.4, 0.5) is 24.5 Å². The number of aromatic nitrogens is 1. The zero-order valence-corrected chi connectivity index (χ0v) is 12.4. The fourth-order valence-corrected chi connectivity index (χ4v) is 2.10. The standard InChI is InChI=1S/C14H10ClF3N2O3/c1-20-6-8(13(22)23)11(5-12(20)21)19-7-2-3-10(15)9(4-7)14(16,17)18/h2-6,19H,1H3,(H,22,23). The van der Waals surface area contributed by atoms with Crippen LogP contribution in [0.15, 0.2) is 35.3 Å². The van der Waals surface area contributed by atoms with Crippen LogP contribution in [-0.2, 0) is 13.2 Å². The number of aromatic carboxylic acids is 1.